The molecule has 0 aromatic carbocycles. The molecule has 0 saturated carbocycles. The average molecular weight is 253 g/mol. The van der Waals surface area contributed by atoms with Crippen LogP contribution in [0.5, 0.6) is 0 Å². The molecule has 2 saturated heterocycles. The normalized spacial score (nSPS) is 33.2. The predicted molar refractivity (Wildman–Crippen MR) is 73.5 cm³/mol. The van der Waals surface area contributed by atoms with E-state index in [4.69, 9.17) is 0 Å². The minimum Gasteiger partial charge on any atom is -0.354 e. The molecular weight excluding hydrogens is 226 g/mol. The lowest BCUT2D eigenvalue weighted by Gasteiger charge is -2.24. The van der Waals surface area contributed by atoms with E-state index in [1.54, 1.807) is 0 Å². The van der Waals surface area contributed by atoms with Crippen LogP contribution in [0.15, 0.2) is 0 Å². The van der Waals surface area contributed by atoms with E-state index in [9.17, 15) is 4.79 Å². The summed E-state index contributed by atoms with van der Waals surface area (Å²) in [6.07, 6.45) is 3.28. The van der Waals surface area contributed by atoms with Crippen molar-refractivity contribution in [3.8, 4) is 0 Å². The second-order valence-corrected chi connectivity index (χ2v) is 6.32. The van der Waals surface area contributed by atoms with Crippen LogP contribution in [0.2, 0.25) is 0 Å². The van der Waals surface area contributed by atoms with E-state index >= 15 is 0 Å². The van der Waals surface area contributed by atoms with Crippen molar-refractivity contribution in [2.24, 2.45) is 5.92 Å². The van der Waals surface area contributed by atoms with Gasteiger partial charge in [-0.2, -0.15) is 0 Å². The molecule has 4 nitrogen and oxygen atoms in total. The number of hydrogen-bond acceptors (Lipinski definition) is 3. The van der Waals surface area contributed by atoms with Crippen molar-refractivity contribution in [2.45, 2.75) is 51.6 Å². The summed E-state index contributed by atoms with van der Waals surface area (Å²) in [6.45, 7) is 10.6. The van der Waals surface area contributed by atoms with Crippen LogP contribution in [0.3, 0.4) is 0 Å². The number of nitrogens with one attached hydrogen (secondary N) is 2. The highest BCUT2D eigenvalue weighted by Gasteiger charge is 2.36. The third kappa shape index (κ3) is 3.04. The number of rotatable bonds is 4. The zero-order chi connectivity index (χ0) is 13.2. The Morgan fingerprint density at radius 2 is 2.33 bits per heavy atom. The van der Waals surface area contributed by atoms with Crippen LogP contribution >= 0.6 is 0 Å². The van der Waals surface area contributed by atoms with Gasteiger partial charge in [-0.3, -0.25) is 4.79 Å². The zero-order valence-corrected chi connectivity index (χ0v) is 12.0. The number of nitrogens with zero attached hydrogens (tertiary/aromatic N) is 1. The van der Waals surface area contributed by atoms with Gasteiger partial charge < -0.3 is 15.5 Å². The van der Waals surface area contributed by atoms with Gasteiger partial charge in [-0.25, -0.2) is 0 Å². The van der Waals surface area contributed by atoms with E-state index < -0.39 is 0 Å². The number of carbonyl (C=O) groups is 1. The second kappa shape index (κ2) is 5.57. The molecule has 0 spiro atoms. The Morgan fingerprint density at radius 3 is 2.89 bits per heavy atom. The Morgan fingerprint density at radius 1 is 1.56 bits per heavy atom. The Balaban J connectivity index is 1.74. The summed E-state index contributed by atoms with van der Waals surface area (Å²) in [5, 5.41) is 6.45. The molecule has 2 aliphatic rings. The molecule has 0 radical (unpaired) electrons. The fourth-order valence-corrected chi connectivity index (χ4v) is 3.02. The summed E-state index contributed by atoms with van der Waals surface area (Å²) in [6, 6.07) is 0.625. The monoisotopic (exact) mass is 253 g/mol. The maximum atomic E-state index is 12.2. The Bertz CT molecular complexity index is 297. The standard InChI is InChI=1S/C14H27N3O/c1-11(2)17-8-5-12(10-17)9-15-13(18)14(3)6-4-7-16-14/h11-12,16H,4-10H2,1-3H3,(H,15,18). The summed E-state index contributed by atoms with van der Waals surface area (Å²) in [4.78, 5) is 14.6. The Kier molecular flexibility index (Phi) is 4.28. The van der Waals surface area contributed by atoms with Crippen LogP contribution < -0.4 is 10.6 Å². The van der Waals surface area contributed by atoms with Gasteiger partial charge in [-0.15, -0.1) is 0 Å². The topological polar surface area (TPSA) is 44.4 Å². The molecule has 2 heterocycles. The maximum Gasteiger partial charge on any atom is 0.240 e. The Hall–Kier alpha value is -0.610. The summed E-state index contributed by atoms with van der Waals surface area (Å²) in [5.74, 6) is 0.810. The average Bonchev–Trinajstić information content (AvgIpc) is 2.95. The molecule has 0 aliphatic carbocycles. The molecule has 2 rings (SSSR count). The predicted octanol–water partition coefficient (Wildman–Crippen LogP) is 0.975. The third-order valence-corrected chi connectivity index (χ3v) is 4.47. The van der Waals surface area contributed by atoms with Crippen molar-refractivity contribution in [1.82, 2.24) is 15.5 Å². The summed E-state index contributed by atoms with van der Waals surface area (Å²) in [7, 11) is 0. The van der Waals surface area contributed by atoms with Crippen molar-refractivity contribution >= 4 is 5.91 Å². The highest BCUT2D eigenvalue weighted by Crippen LogP contribution is 2.20. The Labute approximate surface area is 110 Å². The van der Waals surface area contributed by atoms with E-state index in [-0.39, 0.29) is 11.4 Å². The van der Waals surface area contributed by atoms with Crippen molar-refractivity contribution in [3.63, 3.8) is 0 Å². The molecule has 104 valence electrons. The first kappa shape index (κ1) is 13.8. The van der Waals surface area contributed by atoms with Crippen molar-refractivity contribution in [2.75, 3.05) is 26.2 Å². The van der Waals surface area contributed by atoms with Crippen LogP contribution in [0.1, 0.15) is 40.0 Å². The van der Waals surface area contributed by atoms with Gasteiger partial charge >= 0.3 is 0 Å². The first-order chi connectivity index (χ1) is 8.51. The highest BCUT2D eigenvalue weighted by molar-refractivity contribution is 5.86. The van der Waals surface area contributed by atoms with E-state index in [2.05, 4.69) is 29.4 Å². The summed E-state index contributed by atoms with van der Waals surface area (Å²) >= 11 is 0. The van der Waals surface area contributed by atoms with Crippen LogP contribution in [-0.4, -0.2) is 48.6 Å². The number of amides is 1. The molecule has 4 heteroatoms. The minimum atomic E-state index is -0.323. The molecule has 2 fully saturated rings. The molecular formula is C14H27N3O. The molecule has 18 heavy (non-hydrogen) atoms. The van der Waals surface area contributed by atoms with Crippen LogP contribution in [0.25, 0.3) is 0 Å². The van der Waals surface area contributed by atoms with E-state index in [0.717, 1.165) is 32.5 Å². The van der Waals surface area contributed by atoms with Crippen LogP contribution in [-0.2, 0) is 4.79 Å². The lowest BCUT2D eigenvalue weighted by Crippen LogP contribution is -2.52. The van der Waals surface area contributed by atoms with Gasteiger partial charge in [0.2, 0.25) is 5.91 Å². The summed E-state index contributed by atoms with van der Waals surface area (Å²) in [5.41, 5.74) is -0.323. The summed E-state index contributed by atoms with van der Waals surface area (Å²) < 4.78 is 0. The van der Waals surface area contributed by atoms with Crippen molar-refractivity contribution < 1.29 is 4.79 Å². The van der Waals surface area contributed by atoms with E-state index in [1.165, 1.54) is 13.0 Å². The third-order valence-electron chi connectivity index (χ3n) is 4.47. The SMILES string of the molecule is CC(C)N1CCC(CNC(=O)C2(C)CCCN2)C1. The van der Waals surface area contributed by atoms with Gasteiger partial charge in [-0.1, -0.05) is 0 Å². The maximum absolute atomic E-state index is 12.2. The first-order valence-electron chi connectivity index (χ1n) is 7.28. The lowest BCUT2D eigenvalue weighted by molar-refractivity contribution is -0.126. The second-order valence-electron chi connectivity index (χ2n) is 6.32. The quantitative estimate of drug-likeness (QED) is 0.785. The van der Waals surface area contributed by atoms with Crippen LogP contribution in [0.4, 0.5) is 0 Å². The van der Waals surface area contributed by atoms with Gasteiger partial charge in [0.1, 0.15) is 0 Å². The molecule has 0 bridgehead atoms. The molecule has 1 amide bonds. The number of carbonyl (C=O) groups excluding carboxylic acids is 1. The van der Waals surface area contributed by atoms with Gasteiger partial charge in [0.15, 0.2) is 0 Å². The fraction of sp³-hybridized carbons (Fsp3) is 0.929. The highest BCUT2D eigenvalue weighted by atomic mass is 16.2. The first-order valence-corrected chi connectivity index (χ1v) is 7.28. The van der Waals surface area contributed by atoms with E-state index in [0.29, 0.717) is 12.0 Å². The van der Waals surface area contributed by atoms with Crippen LogP contribution in [0, 0.1) is 5.92 Å². The fourth-order valence-electron chi connectivity index (χ4n) is 3.02. The zero-order valence-electron chi connectivity index (χ0n) is 12.0. The smallest absolute Gasteiger partial charge is 0.240 e. The van der Waals surface area contributed by atoms with Gasteiger partial charge in [0, 0.05) is 19.1 Å². The van der Waals surface area contributed by atoms with Crippen molar-refractivity contribution in [1.29, 1.82) is 0 Å². The molecule has 2 aliphatic heterocycles. The molecule has 2 unspecified atom stereocenters. The molecule has 2 N–H and O–H groups in total. The number of hydrogen-bond donors (Lipinski definition) is 2. The van der Waals surface area contributed by atoms with Gasteiger partial charge in [0.25, 0.3) is 0 Å². The number of likely N-dealkylation sites (tertiary alicyclic amines) is 1. The molecule has 2 atom stereocenters. The largest absolute Gasteiger partial charge is 0.354 e. The molecule has 0 aromatic heterocycles. The molecule has 0 aromatic rings. The van der Waals surface area contributed by atoms with Gasteiger partial charge in [0.05, 0.1) is 5.54 Å². The van der Waals surface area contributed by atoms with Crippen molar-refractivity contribution in [3.05, 3.63) is 0 Å². The van der Waals surface area contributed by atoms with Gasteiger partial charge in [-0.05, 0) is 59.0 Å². The lowest BCUT2D eigenvalue weighted by atomic mass is 9.99. The van der Waals surface area contributed by atoms with E-state index in [1.807, 2.05) is 6.92 Å². The minimum absolute atomic E-state index is 0.183.